The van der Waals surface area contributed by atoms with E-state index in [0.29, 0.717) is 11.5 Å². The Labute approximate surface area is 270 Å². The van der Waals surface area contributed by atoms with Crippen molar-refractivity contribution >= 4 is 42.9 Å². The number of allylic oxidation sites excluding steroid dienone is 4. The summed E-state index contributed by atoms with van der Waals surface area (Å²) in [5.41, 5.74) is 3.80. The number of ether oxygens (including phenoxy) is 6. The van der Waals surface area contributed by atoms with Crippen LogP contribution in [0.4, 0.5) is 4.79 Å². The first-order chi connectivity index (χ1) is 21.5. The summed E-state index contributed by atoms with van der Waals surface area (Å²) in [6.45, 7) is 0. The lowest BCUT2D eigenvalue weighted by Crippen LogP contribution is -2.13. The van der Waals surface area contributed by atoms with Gasteiger partial charge in [-0.3, -0.25) is 0 Å². The van der Waals surface area contributed by atoms with Gasteiger partial charge in [0.1, 0.15) is 34.5 Å². The minimum atomic E-state index is -0.815. The van der Waals surface area contributed by atoms with Crippen LogP contribution in [0.3, 0.4) is 0 Å². The van der Waals surface area contributed by atoms with Crippen molar-refractivity contribution in [3.05, 3.63) is 131 Å². The van der Waals surface area contributed by atoms with E-state index >= 15 is 0 Å². The number of carbonyl (C=O) groups is 1. The molecule has 7 nitrogen and oxygen atoms in total. The van der Waals surface area contributed by atoms with E-state index in [9.17, 15) is 4.79 Å². The molecule has 232 valence electrons. The molecule has 0 bridgehead atoms. The summed E-state index contributed by atoms with van der Waals surface area (Å²) in [7, 11) is 6.48. The van der Waals surface area contributed by atoms with Crippen LogP contribution in [0.2, 0.25) is 0 Å². The van der Waals surface area contributed by atoms with Gasteiger partial charge in [0.25, 0.3) is 0 Å². The molecular formula is C37H35ClO7. The van der Waals surface area contributed by atoms with Crippen LogP contribution >= 0.6 is 12.4 Å². The number of hydrogen-bond acceptors (Lipinski definition) is 7. The fraction of sp³-hybridized carbons (Fsp3) is 0.108. The maximum atomic E-state index is 12.3. The Morgan fingerprint density at radius 3 is 1.00 bits per heavy atom. The highest BCUT2D eigenvalue weighted by Crippen LogP contribution is 2.24. The van der Waals surface area contributed by atoms with Gasteiger partial charge in [-0.15, -0.1) is 12.4 Å². The van der Waals surface area contributed by atoms with Gasteiger partial charge in [-0.2, -0.15) is 0 Å². The molecule has 0 fully saturated rings. The zero-order valence-corrected chi connectivity index (χ0v) is 26.3. The van der Waals surface area contributed by atoms with Crippen molar-refractivity contribution in [2.24, 2.45) is 0 Å². The van der Waals surface area contributed by atoms with Crippen molar-refractivity contribution in [3.8, 4) is 34.5 Å². The Balaban J connectivity index is 0.00000552. The number of halogens is 1. The summed E-state index contributed by atoms with van der Waals surface area (Å²) in [6.07, 6.45) is 14.7. The molecule has 4 aromatic carbocycles. The van der Waals surface area contributed by atoms with E-state index in [1.807, 2.05) is 109 Å². The average Bonchev–Trinajstić information content (AvgIpc) is 3.06. The van der Waals surface area contributed by atoms with Gasteiger partial charge in [0, 0.05) is 12.1 Å². The molecule has 0 radical (unpaired) electrons. The minimum absolute atomic E-state index is 0. The molecule has 0 heterocycles. The van der Waals surface area contributed by atoms with Crippen LogP contribution < -0.4 is 28.4 Å². The molecule has 0 spiro atoms. The molecule has 0 saturated heterocycles. The van der Waals surface area contributed by atoms with E-state index in [0.717, 1.165) is 45.3 Å². The third kappa shape index (κ3) is 11.0. The second-order valence-corrected chi connectivity index (χ2v) is 9.32. The van der Waals surface area contributed by atoms with Gasteiger partial charge in [0.05, 0.1) is 28.4 Å². The first-order valence-corrected chi connectivity index (χ1v) is 13.7. The van der Waals surface area contributed by atoms with Gasteiger partial charge in [-0.05, 0) is 70.8 Å². The van der Waals surface area contributed by atoms with Gasteiger partial charge in [0.15, 0.2) is 0 Å². The molecule has 0 atom stereocenters. The molecular weight excluding hydrogens is 592 g/mol. The SMILES string of the molecule is COc1cc(/C=C/C=C/c2ccc(OC(=O)Oc3ccc(/C=C/C=C/c4cc(OC)cc(OC)c4)cc3)cc2)cc(OC)c1.Cl. The normalized spacial score (nSPS) is 11.1. The first-order valence-electron chi connectivity index (χ1n) is 13.7. The number of rotatable bonds is 12. The fourth-order valence-electron chi connectivity index (χ4n) is 4.03. The second-order valence-electron chi connectivity index (χ2n) is 9.32. The lowest BCUT2D eigenvalue weighted by Gasteiger charge is -2.06. The van der Waals surface area contributed by atoms with E-state index in [-0.39, 0.29) is 12.4 Å². The van der Waals surface area contributed by atoms with Gasteiger partial charge >= 0.3 is 6.16 Å². The molecule has 4 aromatic rings. The predicted octanol–water partition coefficient (Wildman–Crippen LogP) is 9.17. The molecule has 0 unspecified atom stereocenters. The van der Waals surface area contributed by atoms with Crippen LogP contribution in [0.15, 0.2) is 109 Å². The Bertz CT molecular complexity index is 1490. The van der Waals surface area contributed by atoms with E-state index < -0.39 is 6.16 Å². The summed E-state index contributed by atoms with van der Waals surface area (Å²) in [4.78, 5) is 12.3. The highest BCUT2D eigenvalue weighted by Gasteiger charge is 2.08. The lowest BCUT2D eigenvalue weighted by molar-refractivity contribution is 0.152. The maximum absolute atomic E-state index is 12.3. The first kappa shape index (κ1) is 34.1. The fourth-order valence-corrected chi connectivity index (χ4v) is 4.03. The molecule has 0 amide bonds. The van der Waals surface area contributed by atoms with Crippen LogP contribution in [-0.4, -0.2) is 34.6 Å². The molecule has 0 aromatic heterocycles. The Kier molecular flexibility index (Phi) is 13.4. The van der Waals surface area contributed by atoms with Crippen molar-refractivity contribution in [2.45, 2.75) is 0 Å². The van der Waals surface area contributed by atoms with Gasteiger partial charge in [0.2, 0.25) is 0 Å². The van der Waals surface area contributed by atoms with E-state index in [2.05, 4.69) is 0 Å². The predicted molar refractivity (Wildman–Crippen MR) is 182 cm³/mol. The molecule has 0 saturated carbocycles. The van der Waals surface area contributed by atoms with Crippen LogP contribution in [-0.2, 0) is 0 Å². The molecule has 0 N–H and O–H groups in total. The van der Waals surface area contributed by atoms with Crippen LogP contribution in [0.25, 0.3) is 24.3 Å². The number of benzene rings is 4. The minimum Gasteiger partial charge on any atom is -0.497 e. The Morgan fingerprint density at radius 2 is 0.711 bits per heavy atom. The monoisotopic (exact) mass is 626 g/mol. The van der Waals surface area contributed by atoms with E-state index in [1.165, 1.54) is 0 Å². The highest BCUT2D eigenvalue weighted by atomic mass is 35.5. The standard InChI is InChI=1S/C37H34O7.ClH/c1-39-33-21-29(22-34(25-33)40-2)11-7-5-9-27-13-17-31(18-14-27)43-37(38)44-32-19-15-28(16-20-32)10-6-8-12-30-23-35(41-3)26-36(24-30)42-4;/h5-26H,1-4H3;1H/b9-5+,10-6+,11-7+,12-8+;. The molecule has 0 aliphatic carbocycles. The van der Waals surface area contributed by atoms with Crippen LogP contribution in [0.1, 0.15) is 22.3 Å². The zero-order chi connectivity index (χ0) is 31.1. The van der Waals surface area contributed by atoms with Crippen molar-refractivity contribution in [1.82, 2.24) is 0 Å². The third-order valence-corrected chi connectivity index (χ3v) is 6.29. The van der Waals surface area contributed by atoms with Gasteiger partial charge in [-0.25, -0.2) is 4.79 Å². The highest BCUT2D eigenvalue weighted by molar-refractivity contribution is 5.85. The van der Waals surface area contributed by atoms with E-state index in [4.69, 9.17) is 28.4 Å². The molecule has 0 aliphatic heterocycles. The Hall–Kier alpha value is -5.40. The van der Waals surface area contributed by atoms with Crippen molar-refractivity contribution < 1.29 is 33.2 Å². The molecule has 45 heavy (non-hydrogen) atoms. The maximum Gasteiger partial charge on any atom is 0.519 e. The summed E-state index contributed by atoms with van der Waals surface area (Å²) >= 11 is 0. The summed E-state index contributed by atoms with van der Waals surface area (Å²) in [5, 5.41) is 0. The van der Waals surface area contributed by atoms with Crippen LogP contribution in [0, 0.1) is 0 Å². The zero-order valence-electron chi connectivity index (χ0n) is 25.5. The topological polar surface area (TPSA) is 72.5 Å². The van der Waals surface area contributed by atoms with Crippen molar-refractivity contribution in [3.63, 3.8) is 0 Å². The average molecular weight is 627 g/mol. The lowest BCUT2D eigenvalue weighted by atomic mass is 10.1. The van der Waals surface area contributed by atoms with Crippen molar-refractivity contribution in [2.75, 3.05) is 28.4 Å². The number of carbonyl (C=O) groups excluding carboxylic acids is 1. The van der Waals surface area contributed by atoms with Crippen LogP contribution in [0.5, 0.6) is 34.5 Å². The Morgan fingerprint density at radius 1 is 0.422 bits per heavy atom. The quantitative estimate of drug-likeness (QED) is 0.0882. The molecule has 0 aliphatic rings. The molecule has 4 rings (SSSR count). The smallest absolute Gasteiger partial charge is 0.497 e. The van der Waals surface area contributed by atoms with Gasteiger partial charge < -0.3 is 28.4 Å². The number of hydrogen-bond donors (Lipinski definition) is 0. The largest absolute Gasteiger partial charge is 0.519 e. The number of methoxy groups -OCH3 is 4. The third-order valence-electron chi connectivity index (χ3n) is 6.29. The summed E-state index contributed by atoms with van der Waals surface area (Å²) in [6, 6.07) is 25.6. The van der Waals surface area contributed by atoms with Gasteiger partial charge in [-0.1, -0.05) is 72.9 Å². The molecule has 8 heteroatoms. The second kappa shape index (κ2) is 17.7. The summed E-state index contributed by atoms with van der Waals surface area (Å²) in [5.74, 6) is 3.66. The van der Waals surface area contributed by atoms with Crippen molar-refractivity contribution in [1.29, 1.82) is 0 Å². The summed E-state index contributed by atoms with van der Waals surface area (Å²) < 4.78 is 31.8. The van der Waals surface area contributed by atoms with E-state index in [1.54, 1.807) is 52.7 Å².